The molecule has 6 heteroatoms. The highest BCUT2D eigenvalue weighted by Gasteiger charge is 2.15. The van der Waals surface area contributed by atoms with Crippen molar-refractivity contribution in [3.8, 4) is 0 Å². The number of amides is 1. The molecular formula is C18H28N2O3S. The molecule has 0 aromatic heterocycles. The molecule has 1 aromatic carbocycles. The molecule has 0 heterocycles. The van der Waals surface area contributed by atoms with E-state index in [1.165, 1.54) is 30.3 Å². The quantitative estimate of drug-likeness (QED) is 0.635. The highest BCUT2D eigenvalue weighted by Crippen LogP contribution is 2.12. The van der Waals surface area contributed by atoms with Crippen LogP contribution in [0.1, 0.15) is 50.4 Å². The summed E-state index contributed by atoms with van der Waals surface area (Å²) in [6.45, 7) is 9.99. The third-order valence-corrected chi connectivity index (χ3v) is 5.08. The van der Waals surface area contributed by atoms with Gasteiger partial charge in [0.15, 0.2) is 0 Å². The van der Waals surface area contributed by atoms with Gasteiger partial charge in [-0.2, -0.15) is 0 Å². The van der Waals surface area contributed by atoms with Crippen molar-refractivity contribution in [3.63, 3.8) is 0 Å². The predicted molar refractivity (Wildman–Crippen MR) is 97.4 cm³/mol. The summed E-state index contributed by atoms with van der Waals surface area (Å²) in [4.78, 5) is 12.3. The lowest BCUT2D eigenvalue weighted by atomic mass is 10.0. The molecular weight excluding hydrogens is 324 g/mol. The molecule has 0 fully saturated rings. The van der Waals surface area contributed by atoms with Gasteiger partial charge in [-0.3, -0.25) is 4.79 Å². The Morgan fingerprint density at radius 2 is 1.79 bits per heavy atom. The van der Waals surface area contributed by atoms with E-state index in [-0.39, 0.29) is 23.4 Å². The molecule has 0 saturated carbocycles. The average molecular weight is 353 g/mol. The van der Waals surface area contributed by atoms with E-state index in [1.54, 1.807) is 0 Å². The molecule has 0 aliphatic rings. The summed E-state index contributed by atoms with van der Waals surface area (Å²) in [6.07, 6.45) is 4.62. The van der Waals surface area contributed by atoms with Gasteiger partial charge in [-0.1, -0.05) is 32.8 Å². The van der Waals surface area contributed by atoms with Crippen molar-refractivity contribution < 1.29 is 13.2 Å². The van der Waals surface area contributed by atoms with Gasteiger partial charge in [0.25, 0.3) is 5.91 Å². The summed E-state index contributed by atoms with van der Waals surface area (Å²) in [5, 5.41) is 2.95. The number of carbonyl (C=O) groups excluding carboxylic acids is 1. The largest absolute Gasteiger partial charge is 0.350 e. The summed E-state index contributed by atoms with van der Waals surface area (Å²) in [6, 6.07) is 6.01. The van der Waals surface area contributed by atoms with Crippen molar-refractivity contribution in [1.82, 2.24) is 10.0 Å². The van der Waals surface area contributed by atoms with Crippen LogP contribution in [0.5, 0.6) is 0 Å². The molecule has 0 radical (unpaired) electrons. The summed E-state index contributed by atoms with van der Waals surface area (Å²) in [7, 11) is -3.56. The van der Waals surface area contributed by atoms with Crippen LogP contribution in [0.15, 0.2) is 41.8 Å². The number of sulfonamides is 1. The maximum absolute atomic E-state index is 12.2. The normalized spacial score (nSPS) is 12.8. The summed E-state index contributed by atoms with van der Waals surface area (Å²) in [5.74, 6) is 0.479. The molecule has 24 heavy (non-hydrogen) atoms. The minimum Gasteiger partial charge on any atom is -0.350 e. The first-order valence-corrected chi connectivity index (χ1v) is 9.76. The lowest BCUT2D eigenvalue weighted by molar-refractivity contribution is 0.0937. The van der Waals surface area contributed by atoms with E-state index in [0.29, 0.717) is 11.5 Å². The van der Waals surface area contributed by atoms with Gasteiger partial charge in [0.05, 0.1) is 4.90 Å². The Labute approximate surface area is 145 Å². The molecule has 0 aliphatic carbocycles. The molecule has 2 N–H and O–H groups in total. The van der Waals surface area contributed by atoms with Crippen LogP contribution in [-0.4, -0.2) is 26.9 Å². The Balaban J connectivity index is 2.62. The van der Waals surface area contributed by atoms with Crippen LogP contribution in [0.25, 0.3) is 0 Å². The van der Waals surface area contributed by atoms with Crippen LogP contribution < -0.4 is 10.0 Å². The summed E-state index contributed by atoms with van der Waals surface area (Å²) >= 11 is 0. The molecule has 0 unspecified atom stereocenters. The number of hydrogen-bond acceptors (Lipinski definition) is 3. The van der Waals surface area contributed by atoms with Crippen molar-refractivity contribution in [2.75, 3.05) is 6.54 Å². The third-order valence-electron chi connectivity index (χ3n) is 3.64. The molecule has 5 nitrogen and oxygen atoms in total. The molecule has 1 atom stereocenters. The first-order chi connectivity index (χ1) is 11.3. The number of rotatable bonds is 10. The highest BCUT2D eigenvalue weighted by atomic mass is 32.2. The monoisotopic (exact) mass is 352 g/mol. The van der Waals surface area contributed by atoms with Crippen molar-refractivity contribution in [3.05, 3.63) is 42.5 Å². The van der Waals surface area contributed by atoms with Crippen LogP contribution in [0, 0.1) is 5.92 Å². The fourth-order valence-electron chi connectivity index (χ4n) is 2.25. The van der Waals surface area contributed by atoms with Gasteiger partial charge in [0.1, 0.15) is 0 Å². The zero-order valence-corrected chi connectivity index (χ0v) is 15.5. The Morgan fingerprint density at radius 3 is 2.33 bits per heavy atom. The second-order valence-corrected chi connectivity index (χ2v) is 8.13. The molecule has 134 valence electrons. The Bertz CT molecular complexity index is 637. The fraction of sp³-hybridized carbons (Fsp3) is 0.500. The first kappa shape index (κ1) is 20.4. The van der Waals surface area contributed by atoms with Crippen molar-refractivity contribution in [1.29, 1.82) is 0 Å². The zero-order valence-electron chi connectivity index (χ0n) is 14.7. The van der Waals surface area contributed by atoms with E-state index in [9.17, 15) is 13.2 Å². The molecule has 0 bridgehead atoms. The van der Waals surface area contributed by atoms with Gasteiger partial charge >= 0.3 is 0 Å². The van der Waals surface area contributed by atoms with E-state index >= 15 is 0 Å². The van der Waals surface area contributed by atoms with Gasteiger partial charge < -0.3 is 5.32 Å². The van der Waals surface area contributed by atoms with Crippen molar-refractivity contribution in [2.45, 2.75) is 51.0 Å². The van der Waals surface area contributed by atoms with E-state index in [1.807, 2.05) is 6.92 Å². The molecule has 0 spiro atoms. The lowest BCUT2D eigenvalue weighted by Crippen LogP contribution is -2.32. The second-order valence-electron chi connectivity index (χ2n) is 6.36. The Hall–Kier alpha value is -1.66. The van der Waals surface area contributed by atoms with E-state index in [2.05, 4.69) is 30.5 Å². The highest BCUT2D eigenvalue weighted by molar-refractivity contribution is 7.89. The van der Waals surface area contributed by atoms with Gasteiger partial charge in [-0.25, -0.2) is 13.1 Å². The van der Waals surface area contributed by atoms with Gasteiger partial charge in [0.2, 0.25) is 10.0 Å². The second kappa shape index (κ2) is 9.59. The molecule has 0 aliphatic heterocycles. The van der Waals surface area contributed by atoms with E-state index < -0.39 is 10.0 Å². The lowest BCUT2D eigenvalue weighted by Gasteiger charge is -2.14. The molecule has 1 aromatic rings. The minimum absolute atomic E-state index is 0.0916. The van der Waals surface area contributed by atoms with Crippen LogP contribution >= 0.6 is 0 Å². The van der Waals surface area contributed by atoms with E-state index in [0.717, 1.165) is 19.3 Å². The maximum atomic E-state index is 12.2. The average Bonchev–Trinajstić information content (AvgIpc) is 2.52. The van der Waals surface area contributed by atoms with Crippen LogP contribution in [-0.2, 0) is 10.0 Å². The molecule has 1 amide bonds. The maximum Gasteiger partial charge on any atom is 0.251 e. The Morgan fingerprint density at radius 1 is 1.17 bits per heavy atom. The van der Waals surface area contributed by atoms with Gasteiger partial charge in [-0.05, 0) is 43.5 Å². The van der Waals surface area contributed by atoms with Crippen LogP contribution in [0.4, 0.5) is 0 Å². The molecule has 1 rings (SSSR count). The molecule has 0 saturated heterocycles. The summed E-state index contributed by atoms with van der Waals surface area (Å²) < 4.78 is 26.3. The SMILES string of the molecule is C=CCNS(=O)(=O)c1ccc(C(=O)N[C@H](C)CCCC(C)C)cc1. The zero-order chi connectivity index (χ0) is 18.2. The first-order valence-electron chi connectivity index (χ1n) is 8.27. The number of benzene rings is 1. The van der Waals surface area contributed by atoms with Gasteiger partial charge in [0, 0.05) is 18.2 Å². The van der Waals surface area contributed by atoms with Crippen molar-refractivity contribution in [2.24, 2.45) is 5.92 Å². The number of carbonyl (C=O) groups is 1. The smallest absolute Gasteiger partial charge is 0.251 e. The number of hydrogen-bond donors (Lipinski definition) is 2. The third kappa shape index (κ3) is 6.84. The Kier molecular flexibility index (Phi) is 8.15. The number of nitrogens with one attached hydrogen (secondary N) is 2. The minimum atomic E-state index is -3.56. The predicted octanol–water partition coefficient (Wildman–Crippen LogP) is 3.10. The van der Waals surface area contributed by atoms with Crippen LogP contribution in [0.2, 0.25) is 0 Å². The topological polar surface area (TPSA) is 75.3 Å². The van der Waals surface area contributed by atoms with E-state index in [4.69, 9.17) is 0 Å². The fourth-order valence-corrected chi connectivity index (χ4v) is 3.25. The van der Waals surface area contributed by atoms with Crippen molar-refractivity contribution >= 4 is 15.9 Å². The van der Waals surface area contributed by atoms with Crippen LogP contribution in [0.3, 0.4) is 0 Å². The standard InChI is InChI=1S/C18H28N2O3S/c1-5-13-19-24(22,23)17-11-9-16(10-12-17)18(21)20-15(4)8-6-7-14(2)3/h5,9-12,14-15,19H,1,6-8,13H2,2-4H3,(H,20,21)/t15-/m1/s1. The van der Waals surface area contributed by atoms with Gasteiger partial charge in [-0.15, -0.1) is 6.58 Å². The summed E-state index contributed by atoms with van der Waals surface area (Å²) in [5.41, 5.74) is 0.452.